The van der Waals surface area contributed by atoms with E-state index >= 15 is 0 Å². The predicted octanol–water partition coefficient (Wildman–Crippen LogP) is 3.97. The number of unbranched alkanes of at least 4 members (excludes halogenated alkanes) is 1. The van der Waals surface area contributed by atoms with Gasteiger partial charge in [0.15, 0.2) is 0 Å². The molecule has 6 nitrogen and oxygen atoms in total. The van der Waals surface area contributed by atoms with Gasteiger partial charge in [-0.15, -0.1) is 22.7 Å². The third kappa shape index (κ3) is 5.92. The summed E-state index contributed by atoms with van der Waals surface area (Å²) in [6.45, 7) is 2.41. The third-order valence-corrected chi connectivity index (χ3v) is 7.09. The highest BCUT2D eigenvalue weighted by Crippen LogP contribution is 2.28. The summed E-state index contributed by atoms with van der Waals surface area (Å²) in [6, 6.07) is 6.85. The average molecular weight is 448 g/mol. The highest BCUT2D eigenvalue weighted by Gasteiger charge is 2.33. The maximum absolute atomic E-state index is 13.2. The molecule has 2 aromatic heterocycles. The predicted molar refractivity (Wildman–Crippen MR) is 121 cm³/mol. The van der Waals surface area contributed by atoms with Crippen molar-refractivity contribution in [1.82, 2.24) is 15.5 Å². The Morgan fingerprint density at radius 1 is 1.13 bits per heavy atom. The minimum absolute atomic E-state index is 0.126. The maximum atomic E-state index is 13.2. The first kappa shape index (κ1) is 22.5. The molecule has 0 aliphatic heterocycles. The van der Waals surface area contributed by atoms with Crippen molar-refractivity contribution >= 4 is 40.4 Å². The molecule has 0 saturated heterocycles. The molecular weight excluding hydrogens is 418 g/mol. The third-order valence-electron chi connectivity index (χ3n) is 5.29. The van der Waals surface area contributed by atoms with Gasteiger partial charge in [-0.05, 0) is 42.2 Å². The van der Waals surface area contributed by atoms with E-state index in [0.717, 1.165) is 43.4 Å². The van der Waals surface area contributed by atoms with Gasteiger partial charge < -0.3 is 15.5 Å². The van der Waals surface area contributed by atoms with Crippen molar-refractivity contribution in [2.45, 2.75) is 57.5 Å². The molecule has 1 aliphatic rings. The largest absolute Gasteiger partial charge is 0.351 e. The molecule has 3 amide bonds. The Kier molecular flexibility index (Phi) is 8.45. The topological polar surface area (TPSA) is 78.5 Å². The minimum atomic E-state index is -0.664. The van der Waals surface area contributed by atoms with Crippen LogP contribution in [0.25, 0.3) is 0 Å². The summed E-state index contributed by atoms with van der Waals surface area (Å²) in [5.41, 5.74) is 0. The number of carbonyl (C=O) groups excluding carboxylic acids is 3. The van der Waals surface area contributed by atoms with E-state index in [2.05, 4.69) is 17.6 Å². The summed E-state index contributed by atoms with van der Waals surface area (Å²) in [5.74, 6) is -0.636. The standard InChI is InChI=1S/C22H29N3O3S2/c1-2-3-12-25(19(26)15-23-21(27)18-11-7-14-30-18)20(17-10-6-13-29-17)22(28)24-16-8-4-5-9-16/h6-7,10-11,13-14,16,20H,2-5,8-9,12,15H2,1H3,(H,23,27)(H,24,28)/t20-/m0/s1. The fourth-order valence-electron chi connectivity index (χ4n) is 3.70. The van der Waals surface area contributed by atoms with E-state index in [-0.39, 0.29) is 30.3 Å². The van der Waals surface area contributed by atoms with Crippen molar-refractivity contribution in [2.75, 3.05) is 13.1 Å². The van der Waals surface area contributed by atoms with Crippen LogP contribution in [0.2, 0.25) is 0 Å². The number of carbonyl (C=O) groups is 3. The lowest BCUT2D eigenvalue weighted by molar-refractivity contribution is -0.140. The van der Waals surface area contributed by atoms with Gasteiger partial charge in [-0.3, -0.25) is 14.4 Å². The Hall–Kier alpha value is -2.19. The number of nitrogens with one attached hydrogen (secondary N) is 2. The van der Waals surface area contributed by atoms with E-state index in [1.807, 2.05) is 22.9 Å². The highest BCUT2D eigenvalue weighted by molar-refractivity contribution is 7.12. The zero-order chi connectivity index (χ0) is 21.3. The molecule has 0 unspecified atom stereocenters. The molecule has 1 saturated carbocycles. The molecule has 2 N–H and O–H groups in total. The molecule has 0 spiro atoms. The Morgan fingerprint density at radius 2 is 1.87 bits per heavy atom. The van der Waals surface area contributed by atoms with Crippen molar-refractivity contribution in [1.29, 1.82) is 0 Å². The van der Waals surface area contributed by atoms with Crippen LogP contribution in [0.3, 0.4) is 0 Å². The zero-order valence-electron chi connectivity index (χ0n) is 17.3. The van der Waals surface area contributed by atoms with Crippen LogP contribution in [-0.4, -0.2) is 41.8 Å². The summed E-state index contributed by atoms with van der Waals surface area (Å²) in [4.78, 5) is 41.7. The summed E-state index contributed by atoms with van der Waals surface area (Å²) in [6.07, 6.45) is 5.94. The van der Waals surface area contributed by atoms with E-state index in [4.69, 9.17) is 0 Å². The molecule has 3 rings (SSSR count). The highest BCUT2D eigenvalue weighted by atomic mass is 32.1. The normalized spacial score (nSPS) is 15.0. The number of hydrogen-bond donors (Lipinski definition) is 2. The zero-order valence-corrected chi connectivity index (χ0v) is 18.9. The molecule has 8 heteroatoms. The molecule has 1 atom stereocenters. The quantitative estimate of drug-likeness (QED) is 0.578. The van der Waals surface area contributed by atoms with E-state index in [0.29, 0.717) is 11.4 Å². The molecule has 1 aliphatic carbocycles. The second-order valence-electron chi connectivity index (χ2n) is 7.51. The van der Waals surface area contributed by atoms with Gasteiger partial charge in [-0.2, -0.15) is 0 Å². The van der Waals surface area contributed by atoms with Crippen LogP contribution >= 0.6 is 22.7 Å². The number of amides is 3. The minimum Gasteiger partial charge on any atom is -0.351 e. The molecule has 30 heavy (non-hydrogen) atoms. The first-order chi connectivity index (χ1) is 14.6. The SMILES string of the molecule is CCCCN(C(=O)CNC(=O)c1cccs1)[C@H](C(=O)NC1CCCC1)c1cccs1. The number of thiophene rings is 2. The summed E-state index contributed by atoms with van der Waals surface area (Å²) >= 11 is 2.81. The van der Waals surface area contributed by atoms with Gasteiger partial charge in [0.2, 0.25) is 11.8 Å². The van der Waals surface area contributed by atoms with Gasteiger partial charge in [-0.1, -0.05) is 38.3 Å². The molecule has 1 fully saturated rings. The Labute approximate surface area is 185 Å². The van der Waals surface area contributed by atoms with Crippen molar-refractivity contribution in [3.63, 3.8) is 0 Å². The number of hydrogen-bond acceptors (Lipinski definition) is 5. The Balaban J connectivity index is 1.74. The lowest BCUT2D eigenvalue weighted by Crippen LogP contribution is -2.48. The van der Waals surface area contributed by atoms with Crippen LogP contribution in [0.15, 0.2) is 35.0 Å². The molecule has 0 aromatic carbocycles. The van der Waals surface area contributed by atoms with Gasteiger partial charge in [0.05, 0.1) is 11.4 Å². The monoisotopic (exact) mass is 447 g/mol. The molecule has 0 bridgehead atoms. The van der Waals surface area contributed by atoms with Crippen LogP contribution in [0, 0.1) is 0 Å². The Morgan fingerprint density at radius 3 is 2.50 bits per heavy atom. The van der Waals surface area contributed by atoms with E-state index in [9.17, 15) is 14.4 Å². The van der Waals surface area contributed by atoms with Crippen LogP contribution < -0.4 is 10.6 Å². The Bertz CT molecular complexity index is 815. The van der Waals surface area contributed by atoms with Crippen molar-refractivity contribution in [2.24, 2.45) is 0 Å². The van der Waals surface area contributed by atoms with Crippen molar-refractivity contribution < 1.29 is 14.4 Å². The summed E-state index contributed by atoms with van der Waals surface area (Å²) in [7, 11) is 0. The fourth-order valence-corrected chi connectivity index (χ4v) is 5.17. The smallest absolute Gasteiger partial charge is 0.261 e. The summed E-state index contributed by atoms with van der Waals surface area (Å²) in [5, 5.41) is 9.61. The van der Waals surface area contributed by atoms with Crippen molar-refractivity contribution in [3.8, 4) is 0 Å². The van der Waals surface area contributed by atoms with Gasteiger partial charge in [0.25, 0.3) is 5.91 Å². The van der Waals surface area contributed by atoms with Gasteiger partial charge >= 0.3 is 0 Å². The van der Waals surface area contributed by atoms with Crippen LogP contribution in [0.5, 0.6) is 0 Å². The molecule has 2 heterocycles. The average Bonchev–Trinajstić information content (AvgIpc) is 3.51. The van der Waals surface area contributed by atoms with Crippen LogP contribution in [-0.2, 0) is 9.59 Å². The van der Waals surface area contributed by atoms with E-state index in [1.165, 1.54) is 22.7 Å². The second-order valence-corrected chi connectivity index (χ2v) is 9.44. The second kappa shape index (κ2) is 11.3. The molecular formula is C22H29N3O3S2. The maximum Gasteiger partial charge on any atom is 0.261 e. The molecule has 0 radical (unpaired) electrons. The first-order valence-corrected chi connectivity index (χ1v) is 12.3. The van der Waals surface area contributed by atoms with E-state index in [1.54, 1.807) is 17.0 Å². The van der Waals surface area contributed by atoms with Gasteiger partial charge in [-0.25, -0.2) is 0 Å². The summed E-state index contributed by atoms with van der Waals surface area (Å²) < 4.78 is 0. The lowest BCUT2D eigenvalue weighted by atomic mass is 10.1. The molecule has 162 valence electrons. The molecule has 2 aromatic rings. The van der Waals surface area contributed by atoms with Gasteiger partial charge in [0.1, 0.15) is 6.04 Å². The lowest BCUT2D eigenvalue weighted by Gasteiger charge is -2.31. The van der Waals surface area contributed by atoms with E-state index < -0.39 is 6.04 Å². The van der Waals surface area contributed by atoms with Crippen LogP contribution in [0.4, 0.5) is 0 Å². The number of nitrogens with zero attached hydrogens (tertiary/aromatic N) is 1. The first-order valence-electron chi connectivity index (χ1n) is 10.5. The van der Waals surface area contributed by atoms with Crippen molar-refractivity contribution in [3.05, 3.63) is 44.8 Å². The van der Waals surface area contributed by atoms with Crippen LogP contribution in [0.1, 0.15) is 66.0 Å². The van der Waals surface area contributed by atoms with Gasteiger partial charge in [0, 0.05) is 17.5 Å². The number of rotatable bonds is 10. The fraction of sp³-hybridized carbons (Fsp3) is 0.500.